The molecule has 1 saturated heterocycles. The van der Waals surface area contributed by atoms with Gasteiger partial charge in [0.15, 0.2) is 0 Å². The van der Waals surface area contributed by atoms with Crippen LogP contribution in [0.15, 0.2) is 30.3 Å². The lowest BCUT2D eigenvalue weighted by Gasteiger charge is -2.38. The third kappa shape index (κ3) is 4.73. The summed E-state index contributed by atoms with van der Waals surface area (Å²) in [6.45, 7) is 8.92. The van der Waals surface area contributed by atoms with Gasteiger partial charge in [-0.3, -0.25) is 0 Å². The number of rotatable bonds is 5. The molecule has 0 amide bonds. The number of benzene rings is 1. The van der Waals surface area contributed by atoms with E-state index in [1.165, 1.54) is 48.5 Å². The van der Waals surface area contributed by atoms with Crippen LogP contribution in [0.3, 0.4) is 0 Å². The molecule has 1 aromatic carbocycles. The molecule has 158 valence electrons. The average molecular weight is 396 g/mol. The average Bonchev–Trinajstić information content (AvgIpc) is 3.03. The van der Waals surface area contributed by atoms with Gasteiger partial charge in [-0.15, -0.1) is 0 Å². The number of piperidine rings is 1. The highest BCUT2D eigenvalue weighted by Gasteiger charge is 2.28. The van der Waals surface area contributed by atoms with Crippen molar-refractivity contribution in [2.45, 2.75) is 77.0 Å². The van der Waals surface area contributed by atoms with Crippen LogP contribution in [0.5, 0.6) is 0 Å². The maximum Gasteiger partial charge on any atom is 0.106 e. The van der Waals surface area contributed by atoms with Crippen LogP contribution in [0.25, 0.3) is 0 Å². The molecule has 5 nitrogen and oxygen atoms in total. The smallest absolute Gasteiger partial charge is 0.106 e. The zero-order chi connectivity index (χ0) is 20.2. The van der Waals surface area contributed by atoms with E-state index < -0.39 is 0 Å². The third-order valence-corrected chi connectivity index (χ3v) is 6.89. The fraction of sp³-hybridized carbons (Fsp3) is 0.625. The molecule has 1 fully saturated rings. The number of nitrogens with two attached hydrogens (primary N) is 1. The van der Waals surface area contributed by atoms with Crippen LogP contribution < -0.4 is 11.1 Å². The molecule has 2 unspecified atom stereocenters. The molecule has 2 atom stereocenters. The fourth-order valence-corrected chi connectivity index (χ4v) is 5.21. The van der Waals surface area contributed by atoms with Gasteiger partial charge in [0.2, 0.25) is 0 Å². The minimum atomic E-state index is 0.116. The molecule has 4 rings (SSSR count). The van der Waals surface area contributed by atoms with Crippen LogP contribution in [0.2, 0.25) is 0 Å². The Hall–Kier alpha value is -1.69. The summed E-state index contributed by atoms with van der Waals surface area (Å²) < 4.78 is 2.56. The fourth-order valence-electron chi connectivity index (χ4n) is 5.21. The Balaban J connectivity index is 1.37. The predicted molar refractivity (Wildman–Crippen MR) is 119 cm³/mol. The van der Waals surface area contributed by atoms with E-state index in [0.717, 1.165) is 39.0 Å². The summed E-state index contributed by atoms with van der Waals surface area (Å²) >= 11 is 0. The van der Waals surface area contributed by atoms with E-state index in [2.05, 4.69) is 59.0 Å². The van der Waals surface area contributed by atoms with Gasteiger partial charge in [0.05, 0.1) is 11.4 Å². The van der Waals surface area contributed by atoms with Crippen molar-refractivity contribution in [3.63, 3.8) is 0 Å². The van der Waals surface area contributed by atoms with Crippen LogP contribution in [-0.2, 0) is 13.0 Å². The van der Waals surface area contributed by atoms with Crippen LogP contribution in [0.1, 0.15) is 73.9 Å². The summed E-state index contributed by atoms with van der Waals surface area (Å²) in [6, 6.07) is 11.7. The number of hydrogen-bond acceptors (Lipinski definition) is 4. The number of nitrogens with zero attached hydrogens (tertiary/aromatic N) is 3. The lowest BCUT2D eigenvalue weighted by atomic mass is 9.97. The summed E-state index contributed by atoms with van der Waals surface area (Å²) in [5.74, 6) is 1.20. The lowest BCUT2D eigenvalue weighted by Crippen LogP contribution is -2.42. The molecule has 0 spiro atoms. The summed E-state index contributed by atoms with van der Waals surface area (Å²) in [4.78, 5) is 7.58. The number of aromatic nitrogens is 2. The highest BCUT2D eigenvalue weighted by atomic mass is 15.2. The number of imidazole rings is 1. The number of hydrogen-bond donors (Lipinski definition) is 2. The van der Waals surface area contributed by atoms with Crippen molar-refractivity contribution in [3.05, 3.63) is 53.1 Å². The second-order valence-electron chi connectivity index (χ2n) is 8.93. The van der Waals surface area contributed by atoms with Crippen LogP contribution in [-0.4, -0.2) is 40.1 Å². The number of fused-ring (bicyclic) bond motifs is 1. The quantitative estimate of drug-likeness (QED) is 0.810. The maximum atomic E-state index is 6.48. The molecule has 1 aromatic heterocycles. The van der Waals surface area contributed by atoms with Crippen LogP contribution in [0.4, 0.5) is 0 Å². The molecule has 0 saturated carbocycles. The largest absolute Gasteiger partial charge is 0.328 e. The third-order valence-electron chi connectivity index (χ3n) is 6.89. The molecule has 0 aliphatic carbocycles. The lowest BCUT2D eigenvalue weighted by molar-refractivity contribution is 0.131. The predicted octanol–water partition coefficient (Wildman–Crippen LogP) is 3.73. The molecule has 2 aliphatic heterocycles. The Bertz CT molecular complexity index is 776. The van der Waals surface area contributed by atoms with Gasteiger partial charge in [0.25, 0.3) is 0 Å². The molecular weight excluding hydrogens is 358 g/mol. The Morgan fingerprint density at radius 3 is 2.69 bits per heavy atom. The molecule has 3 heterocycles. The van der Waals surface area contributed by atoms with Gasteiger partial charge in [0, 0.05) is 37.8 Å². The molecule has 29 heavy (non-hydrogen) atoms. The molecule has 3 N–H and O–H groups in total. The first kappa shape index (κ1) is 20.6. The number of nitrogens with one attached hydrogen (secondary N) is 1. The van der Waals surface area contributed by atoms with Gasteiger partial charge in [-0.1, -0.05) is 30.3 Å². The Labute approximate surface area is 175 Å². The molecule has 2 aliphatic rings. The Kier molecular flexibility index (Phi) is 6.68. The summed E-state index contributed by atoms with van der Waals surface area (Å²) in [5, 5.41) is 3.62. The summed E-state index contributed by atoms with van der Waals surface area (Å²) in [5.41, 5.74) is 10.5. The van der Waals surface area contributed by atoms with Gasteiger partial charge >= 0.3 is 0 Å². The van der Waals surface area contributed by atoms with E-state index in [4.69, 9.17) is 10.7 Å². The molecular formula is C24H37N5. The van der Waals surface area contributed by atoms with E-state index >= 15 is 0 Å². The number of aryl methyl sites for hydroxylation is 2. The maximum absolute atomic E-state index is 6.48. The van der Waals surface area contributed by atoms with Gasteiger partial charge in [0.1, 0.15) is 5.82 Å². The molecule has 0 bridgehead atoms. The summed E-state index contributed by atoms with van der Waals surface area (Å²) in [6.07, 6.45) is 7.06. The normalized spacial score (nSPS) is 21.2. The van der Waals surface area contributed by atoms with E-state index in [1.54, 1.807) is 0 Å². The number of likely N-dealkylation sites (tertiary alicyclic amines) is 1. The van der Waals surface area contributed by atoms with E-state index in [1.807, 2.05) is 0 Å². The monoisotopic (exact) mass is 395 g/mol. The zero-order valence-corrected chi connectivity index (χ0v) is 18.1. The SMILES string of the molecule is Cc1nc2c(n1C1CCN(C(C)CC(N)c3ccccc3)CC1)CNCCCC2. The zero-order valence-electron chi connectivity index (χ0n) is 18.1. The van der Waals surface area contributed by atoms with Crippen molar-refractivity contribution >= 4 is 0 Å². The van der Waals surface area contributed by atoms with Gasteiger partial charge < -0.3 is 20.5 Å². The van der Waals surface area contributed by atoms with Crippen molar-refractivity contribution in [1.29, 1.82) is 0 Å². The van der Waals surface area contributed by atoms with Crippen molar-refractivity contribution in [3.8, 4) is 0 Å². The van der Waals surface area contributed by atoms with Crippen molar-refractivity contribution < 1.29 is 0 Å². The molecule has 2 aromatic rings. The minimum absolute atomic E-state index is 0.116. The van der Waals surface area contributed by atoms with Gasteiger partial charge in [-0.25, -0.2) is 4.98 Å². The van der Waals surface area contributed by atoms with Crippen LogP contribution >= 0.6 is 0 Å². The second-order valence-corrected chi connectivity index (χ2v) is 8.93. The van der Waals surface area contributed by atoms with E-state index in [9.17, 15) is 0 Å². The standard InChI is InChI=1S/C24H37N5/c1-18(16-22(25)20-8-4-3-5-9-20)28-14-11-21(12-15-28)29-19(2)27-23-10-6-7-13-26-17-24(23)29/h3-5,8-9,18,21-22,26H,6-7,10-17,25H2,1-2H3. The first-order valence-electron chi connectivity index (χ1n) is 11.5. The minimum Gasteiger partial charge on any atom is -0.328 e. The highest BCUT2D eigenvalue weighted by Crippen LogP contribution is 2.30. The Morgan fingerprint density at radius 1 is 1.17 bits per heavy atom. The highest BCUT2D eigenvalue weighted by molar-refractivity contribution is 5.20. The first-order valence-corrected chi connectivity index (χ1v) is 11.5. The second kappa shape index (κ2) is 9.41. The van der Waals surface area contributed by atoms with Crippen molar-refractivity contribution in [2.75, 3.05) is 19.6 Å². The van der Waals surface area contributed by atoms with Crippen LogP contribution in [0, 0.1) is 6.92 Å². The summed E-state index contributed by atoms with van der Waals surface area (Å²) in [7, 11) is 0. The molecule has 5 heteroatoms. The Morgan fingerprint density at radius 2 is 1.93 bits per heavy atom. The van der Waals surface area contributed by atoms with Crippen molar-refractivity contribution in [2.24, 2.45) is 5.73 Å². The molecule has 0 radical (unpaired) electrons. The van der Waals surface area contributed by atoms with Gasteiger partial charge in [-0.2, -0.15) is 0 Å². The van der Waals surface area contributed by atoms with E-state index in [0.29, 0.717) is 12.1 Å². The first-order chi connectivity index (χ1) is 14.1. The van der Waals surface area contributed by atoms with Gasteiger partial charge in [-0.05, 0) is 64.5 Å². The van der Waals surface area contributed by atoms with E-state index in [-0.39, 0.29) is 6.04 Å². The topological polar surface area (TPSA) is 59.1 Å². The van der Waals surface area contributed by atoms with Crippen molar-refractivity contribution in [1.82, 2.24) is 19.8 Å².